The van der Waals surface area contributed by atoms with E-state index in [1.165, 1.54) is 18.2 Å². The summed E-state index contributed by atoms with van der Waals surface area (Å²) in [6.45, 7) is 0.980. The minimum Gasteiger partial charge on any atom is -0.373 e. The van der Waals surface area contributed by atoms with Gasteiger partial charge in [0, 0.05) is 5.56 Å². The van der Waals surface area contributed by atoms with Gasteiger partial charge in [-0.25, -0.2) is 0 Å². The first-order chi connectivity index (χ1) is 9.46. The smallest absolute Gasteiger partial charge is 0.373 e. The van der Waals surface area contributed by atoms with Gasteiger partial charge in [-0.1, -0.05) is 37.3 Å². The van der Waals surface area contributed by atoms with Crippen molar-refractivity contribution in [3.63, 3.8) is 0 Å². The van der Waals surface area contributed by atoms with Crippen LogP contribution in [0.4, 0.5) is 26.3 Å². The minimum absolute atomic E-state index is 0.323. The molecule has 1 unspecified atom stereocenters. The highest BCUT2D eigenvalue weighted by molar-refractivity contribution is 5.98. The standard InChI is InChI=1S/C13H12F6O2/c1-2-9(10(20)8-6-4-3-5-7-8)11(21,12(14,15)16)13(17,18)19/h3-7,9,21H,2H2,1H3. The fourth-order valence-electron chi connectivity index (χ4n) is 2.03. The van der Waals surface area contributed by atoms with E-state index in [1.54, 1.807) is 0 Å². The van der Waals surface area contributed by atoms with Crippen LogP contribution < -0.4 is 0 Å². The van der Waals surface area contributed by atoms with Gasteiger partial charge in [0.2, 0.25) is 0 Å². The minimum atomic E-state index is -6.02. The van der Waals surface area contributed by atoms with Crippen molar-refractivity contribution >= 4 is 5.78 Å². The van der Waals surface area contributed by atoms with E-state index in [0.29, 0.717) is 0 Å². The number of halogens is 6. The summed E-state index contributed by atoms with van der Waals surface area (Å²) in [5.41, 5.74) is -5.40. The van der Waals surface area contributed by atoms with Crippen molar-refractivity contribution in [2.45, 2.75) is 31.3 Å². The van der Waals surface area contributed by atoms with E-state index in [1.807, 2.05) is 0 Å². The Hall–Kier alpha value is -1.57. The molecule has 0 aromatic heterocycles. The van der Waals surface area contributed by atoms with E-state index < -0.39 is 36.1 Å². The molecule has 0 saturated heterocycles. The number of hydrogen-bond acceptors (Lipinski definition) is 2. The summed E-state index contributed by atoms with van der Waals surface area (Å²) < 4.78 is 76.7. The quantitative estimate of drug-likeness (QED) is 0.679. The second kappa shape index (κ2) is 5.67. The Balaban J connectivity index is 3.37. The molecule has 0 heterocycles. The van der Waals surface area contributed by atoms with Gasteiger partial charge < -0.3 is 5.11 Å². The Kier molecular flexibility index (Phi) is 4.72. The molecule has 21 heavy (non-hydrogen) atoms. The number of Topliss-reactive ketones (excluding diaryl/α,β-unsaturated/α-hetero) is 1. The van der Waals surface area contributed by atoms with Crippen LogP contribution in [-0.2, 0) is 0 Å². The SMILES string of the molecule is CCC(C(=O)c1ccccc1)C(O)(C(F)(F)F)C(F)(F)F. The molecular formula is C13H12F6O2. The fraction of sp³-hybridized carbons (Fsp3) is 0.462. The summed E-state index contributed by atoms with van der Waals surface area (Å²) >= 11 is 0. The maximum Gasteiger partial charge on any atom is 0.427 e. The first-order valence-corrected chi connectivity index (χ1v) is 5.92. The second-order valence-electron chi connectivity index (χ2n) is 4.45. The number of benzene rings is 1. The molecule has 0 amide bonds. The summed E-state index contributed by atoms with van der Waals surface area (Å²) in [4.78, 5) is 12.0. The third-order valence-electron chi connectivity index (χ3n) is 3.15. The molecule has 2 nitrogen and oxygen atoms in total. The number of rotatable bonds is 4. The Morgan fingerprint density at radius 1 is 1.05 bits per heavy atom. The highest BCUT2D eigenvalue weighted by Gasteiger charge is 2.74. The number of aliphatic hydroxyl groups is 1. The molecule has 0 aliphatic heterocycles. The molecule has 1 aromatic rings. The molecule has 0 fully saturated rings. The highest BCUT2D eigenvalue weighted by atomic mass is 19.4. The fourth-order valence-corrected chi connectivity index (χ4v) is 2.03. The first-order valence-electron chi connectivity index (χ1n) is 5.92. The largest absolute Gasteiger partial charge is 0.427 e. The molecular weight excluding hydrogens is 302 g/mol. The van der Waals surface area contributed by atoms with Crippen LogP contribution >= 0.6 is 0 Å². The molecule has 0 radical (unpaired) electrons. The van der Waals surface area contributed by atoms with Gasteiger partial charge in [-0.05, 0) is 6.42 Å². The zero-order chi connectivity index (χ0) is 16.5. The van der Waals surface area contributed by atoms with Crippen LogP contribution in [0.3, 0.4) is 0 Å². The summed E-state index contributed by atoms with van der Waals surface area (Å²) in [7, 11) is 0. The molecule has 0 aliphatic rings. The van der Waals surface area contributed by atoms with Gasteiger partial charge in [0.15, 0.2) is 5.78 Å². The Bertz CT molecular complexity index is 478. The van der Waals surface area contributed by atoms with Crippen LogP contribution in [0, 0.1) is 5.92 Å². The Morgan fingerprint density at radius 3 is 1.81 bits per heavy atom. The summed E-state index contributed by atoms with van der Waals surface area (Å²) in [6.07, 6.45) is -12.9. The van der Waals surface area contributed by atoms with Crippen molar-refractivity contribution in [2.75, 3.05) is 0 Å². The zero-order valence-electron chi connectivity index (χ0n) is 10.8. The van der Waals surface area contributed by atoms with Gasteiger partial charge in [0.05, 0.1) is 5.92 Å². The molecule has 8 heteroatoms. The summed E-state index contributed by atoms with van der Waals surface area (Å²) in [5.74, 6) is -4.07. The van der Waals surface area contributed by atoms with E-state index in [-0.39, 0.29) is 5.56 Å². The first kappa shape index (κ1) is 17.5. The maximum absolute atomic E-state index is 12.8. The lowest BCUT2D eigenvalue weighted by molar-refractivity contribution is -0.379. The molecule has 0 saturated carbocycles. The van der Waals surface area contributed by atoms with Crippen molar-refractivity contribution in [3.05, 3.63) is 35.9 Å². The van der Waals surface area contributed by atoms with Crippen LogP contribution in [0.1, 0.15) is 23.7 Å². The predicted octanol–water partition coefficient (Wildman–Crippen LogP) is 3.75. The average Bonchev–Trinajstić information content (AvgIpc) is 2.37. The number of ketones is 1. The lowest BCUT2D eigenvalue weighted by atomic mass is 9.79. The maximum atomic E-state index is 12.8. The number of carbonyl (C=O) groups excluding carboxylic acids is 1. The molecule has 1 N–H and O–H groups in total. The lowest BCUT2D eigenvalue weighted by Crippen LogP contribution is -2.63. The number of carbonyl (C=O) groups is 1. The van der Waals surface area contributed by atoms with E-state index in [4.69, 9.17) is 0 Å². The average molecular weight is 314 g/mol. The van der Waals surface area contributed by atoms with E-state index in [2.05, 4.69) is 0 Å². The van der Waals surface area contributed by atoms with Crippen molar-refractivity contribution in [1.29, 1.82) is 0 Å². The molecule has 1 rings (SSSR count). The predicted molar refractivity (Wildman–Crippen MR) is 61.6 cm³/mol. The lowest BCUT2D eigenvalue weighted by Gasteiger charge is -2.37. The van der Waals surface area contributed by atoms with Gasteiger partial charge in [-0.3, -0.25) is 4.79 Å². The van der Waals surface area contributed by atoms with Gasteiger partial charge in [0.25, 0.3) is 5.60 Å². The van der Waals surface area contributed by atoms with Gasteiger partial charge in [-0.15, -0.1) is 0 Å². The second-order valence-corrected chi connectivity index (χ2v) is 4.45. The number of alkyl halides is 6. The van der Waals surface area contributed by atoms with Crippen molar-refractivity contribution in [2.24, 2.45) is 5.92 Å². The Labute approximate surface area is 116 Å². The van der Waals surface area contributed by atoms with Gasteiger partial charge in [-0.2, -0.15) is 26.3 Å². The topological polar surface area (TPSA) is 37.3 Å². The molecule has 0 spiro atoms. The molecule has 1 atom stereocenters. The summed E-state index contributed by atoms with van der Waals surface area (Å²) in [6, 6.07) is 6.26. The molecule has 0 bridgehead atoms. The third-order valence-corrected chi connectivity index (χ3v) is 3.15. The van der Waals surface area contributed by atoms with E-state index in [0.717, 1.165) is 19.1 Å². The molecule has 118 valence electrons. The van der Waals surface area contributed by atoms with E-state index in [9.17, 15) is 36.2 Å². The van der Waals surface area contributed by atoms with Gasteiger partial charge in [0.1, 0.15) is 0 Å². The molecule has 1 aromatic carbocycles. The normalized spacial score (nSPS) is 14.9. The van der Waals surface area contributed by atoms with Crippen LogP contribution in [0.2, 0.25) is 0 Å². The van der Waals surface area contributed by atoms with Crippen LogP contribution in [-0.4, -0.2) is 28.8 Å². The van der Waals surface area contributed by atoms with Crippen molar-refractivity contribution in [3.8, 4) is 0 Å². The van der Waals surface area contributed by atoms with Crippen LogP contribution in [0.5, 0.6) is 0 Å². The van der Waals surface area contributed by atoms with Crippen LogP contribution in [0.15, 0.2) is 30.3 Å². The van der Waals surface area contributed by atoms with Crippen molar-refractivity contribution < 1.29 is 36.2 Å². The van der Waals surface area contributed by atoms with Crippen molar-refractivity contribution in [1.82, 2.24) is 0 Å². The Morgan fingerprint density at radius 2 is 1.48 bits per heavy atom. The summed E-state index contributed by atoms with van der Waals surface area (Å²) in [5, 5.41) is 9.30. The molecule has 0 aliphatic carbocycles. The van der Waals surface area contributed by atoms with Crippen LogP contribution in [0.25, 0.3) is 0 Å². The monoisotopic (exact) mass is 314 g/mol. The third kappa shape index (κ3) is 3.04. The number of hydrogen-bond donors (Lipinski definition) is 1. The van der Waals surface area contributed by atoms with E-state index >= 15 is 0 Å². The zero-order valence-corrected chi connectivity index (χ0v) is 10.8. The van der Waals surface area contributed by atoms with Gasteiger partial charge >= 0.3 is 12.4 Å². The highest BCUT2D eigenvalue weighted by Crippen LogP contribution is 2.49.